The van der Waals surface area contributed by atoms with E-state index in [0.29, 0.717) is 0 Å². The van der Waals surface area contributed by atoms with Crippen LogP contribution < -0.4 is 9.47 Å². The molecule has 0 atom stereocenters. The van der Waals surface area contributed by atoms with E-state index in [2.05, 4.69) is 13.2 Å². The number of carbonyl (C=O) groups excluding carboxylic acids is 2. The molecule has 88 valence electrons. The van der Waals surface area contributed by atoms with E-state index in [9.17, 15) is 14.7 Å². The summed E-state index contributed by atoms with van der Waals surface area (Å²) in [4.78, 5) is 22.0. The van der Waals surface area contributed by atoms with Crippen LogP contribution in [0.1, 0.15) is 0 Å². The van der Waals surface area contributed by atoms with Gasteiger partial charge in [0.2, 0.25) is 0 Å². The fourth-order valence-electron chi connectivity index (χ4n) is 0.961. The molecule has 0 saturated heterocycles. The fourth-order valence-corrected chi connectivity index (χ4v) is 0.961. The molecule has 1 aromatic carbocycles. The number of carbonyl (C=O) groups is 2. The number of hydrogen-bond donors (Lipinski definition) is 1. The molecular formula is C12H10O5. The summed E-state index contributed by atoms with van der Waals surface area (Å²) >= 11 is 0. The minimum absolute atomic E-state index is 0.00269. The van der Waals surface area contributed by atoms with Crippen molar-refractivity contribution in [3.63, 3.8) is 0 Å². The second-order valence-corrected chi connectivity index (χ2v) is 2.88. The molecule has 5 nitrogen and oxygen atoms in total. The Morgan fingerprint density at radius 2 is 1.59 bits per heavy atom. The van der Waals surface area contributed by atoms with E-state index in [1.165, 1.54) is 12.1 Å². The van der Waals surface area contributed by atoms with E-state index >= 15 is 0 Å². The van der Waals surface area contributed by atoms with Crippen LogP contribution in [0.2, 0.25) is 0 Å². The monoisotopic (exact) mass is 234 g/mol. The molecule has 0 aliphatic rings. The van der Waals surface area contributed by atoms with Crippen LogP contribution in [0.3, 0.4) is 0 Å². The zero-order valence-corrected chi connectivity index (χ0v) is 8.88. The first-order valence-corrected chi connectivity index (χ1v) is 4.58. The largest absolute Gasteiger partial charge is 0.508 e. The average Bonchev–Trinajstić information content (AvgIpc) is 2.32. The van der Waals surface area contributed by atoms with E-state index in [0.717, 1.165) is 18.2 Å². The van der Waals surface area contributed by atoms with Crippen molar-refractivity contribution in [3.05, 3.63) is 43.5 Å². The first kappa shape index (κ1) is 12.5. The molecule has 5 heteroatoms. The molecule has 0 bridgehead atoms. The lowest BCUT2D eigenvalue weighted by atomic mass is 10.3. The van der Waals surface area contributed by atoms with Crippen molar-refractivity contribution in [1.82, 2.24) is 0 Å². The number of phenols is 1. The first-order chi connectivity index (χ1) is 8.06. The molecule has 0 amide bonds. The topological polar surface area (TPSA) is 72.8 Å². The highest BCUT2D eigenvalue weighted by Crippen LogP contribution is 2.31. The summed E-state index contributed by atoms with van der Waals surface area (Å²) in [6, 6.07) is 3.73. The summed E-state index contributed by atoms with van der Waals surface area (Å²) in [6.45, 7) is 6.46. The number of hydrogen-bond acceptors (Lipinski definition) is 5. The number of phenolic OH excluding ortho intramolecular Hbond substituents is 1. The highest BCUT2D eigenvalue weighted by atomic mass is 16.6. The second-order valence-electron chi connectivity index (χ2n) is 2.88. The quantitative estimate of drug-likeness (QED) is 0.486. The van der Waals surface area contributed by atoms with Crippen LogP contribution in [0.5, 0.6) is 17.2 Å². The van der Waals surface area contributed by atoms with Crippen LogP contribution in [0.25, 0.3) is 0 Å². The molecular weight excluding hydrogens is 224 g/mol. The van der Waals surface area contributed by atoms with Crippen molar-refractivity contribution in [2.75, 3.05) is 0 Å². The molecule has 0 unspecified atom stereocenters. The summed E-state index contributed by atoms with van der Waals surface area (Å²) in [7, 11) is 0. The summed E-state index contributed by atoms with van der Waals surface area (Å²) in [5.74, 6) is -1.64. The minimum Gasteiger partial charge on any atom is -0.508 e. The normalized spacial score (nSPS) is 9.18. The standard InChI is InChI=1S/C12H10O5/c1-3-11(14)16-9-6-5-8(13)7-10(9)17-12(15)4-2/h3-7,13H,1-2H2. The van der Waals surface area contributed by atoms with E-state index in [-0.39, 0.29) is 17.2 Å². The molecule has 0 fully saturated rings. The Balaban J connectivity index is 3.02. The van der Waals surface area contributed by atoms with Gasteiger partial charge in [-0.2, -0.15) is 0 Å². The maximum absolute atomic E-state index is 11.0. The van der Waals surface area contributed by atoms with Crippen LogP contribution in [0, 0.1) is 0 Å². The molecule has 1 N–H and O–H groups in total. The lowest BCUT2D eigenvalue weighted by Crippen LogP contribution is -2.08. The van der Waals surface area contributed by atoms with Crippen LogP contribution in [-0.4, -0.2) is 17.0 Å². The summed E-state index contributed by atoms with van der Waals surface area (Å²) in [5.41, 5.74) is 0. The van der Waals surface area contributed by atoms with Crippen LogP contribution in [-0.2, 0) is 9.59 Å². The van der Waals surface area contributed by atoms with Crippen LogP contribution in [0.15, 0.2) is 43.5 Å². The summed E-state index contributed by atoms with van der Waals surface area (Å²) in [5, 5.41) is 9.24. The smallest absolute Gasteiger partial charge is 0.335 e. The van der Waals surface area contributed by atoms with Gasteiger partial charge in [0.1, 0.15) is 5.75 Å². The average molecular weight is 234 g/mol. The zero-order chi connectivity index (χ0) is 12.8. The number of aromatic hydroxyl groups is 1. The fraction of sp³-hybridized carbons (Fsp3) is 0. The van der Waals surface area contributed by atoms with E-state index in [1.807, 2.05) is 0 Å². The summed E-state index contributed by atoms with van der Waals surface area (Å²) < 4.78 is 9.61. The third-order valence-corrected chi connectivity index (χ3v) is 1.68. The molecule has 0 heterocycles. The predicted octanol–water partition coefficient (Wildman–Crippen LogP) is 1.57. The van der Waals surface area contributed by atoms with Gasteiger partial charge in [0, 0.05) is 18.2 Å². The Labute approximate surface area is 97.6 Å². The van der Waals surface area contributed by atoms with Gasteiger partial charge in [-0.15, -0.1) is 0 Å². The molecule has 0 aliphatic heterocycles. The number of benzene rings is 1. The molecule has 1 aromatic rings. The van der Waals surface area contributed by atoms with Crippen molar-refractivity contribution in [3.8, 4) is 17.2 Å². The first-order valence-electron chi connectivity index (χ1n) is 4.58. The Kier molecular flexibility index (Phi) is 4.05. The lowest BCUT2D eigenvalue weighted by Gasteiger charge is -2.08. The molecule has 0 aromatic heterocycles. The predicted molar refractivity (Wildman–Crippen MR) is 59.8 cm³/mol. The highest BCUT2D eigenvalue weighted by Gasteiger charge is 2.11. The number of rotatable bonds is 4. The Bertz CT molecular complexity index is 476. The van der Waals surface area contributed by atoms with E-state index < -0.39 is 11.9 Å². The van der Waals surface area contributed by atoms with Gasteiger partial charge in [-0.3, -0.25) is 0 Å². The summed E-state index contributed by atoms with van der Waals surface area (Å²) in [6.07, 6.45) is 1.91. The van der Waals surface area contributed by atoms with Gasteiger partial charge < -0.3 is 14.6 Å². The van der Waals surface area contributed by atoms with Gasteiger partial charge in [0.15, 0.2) is 11.5 Å². The van der Waals surface area contributed by atoms with E-state index in [1.54, 1.807) is 0 Å². The maximum atomic E-state index is 11.0. The lowest BCUT2D eigenvalue weighted by molar-refractivity contribution is -0.131. The molecule has 0 radical (unpaired) electrons. The van der Waals surface area contributed by atoms with Crippen molar-refractivity contribution in [1.29, 1.82) is 0 Å². The van der Waals surface area contributed by atoms with Crippen molar-refractivity contribution >= 4 is 11.9 Å². The van der Waals surface area contributed by atoms with Gasteiger partial charge in [-0.25, -0.2) is 9.59 Å². The Hall–Kier alpha value is -2.56. The van der Waals surface area contributed by atoms with Gasteiger partial charge >= 0.3 is 11.9 Å². The third-order valence-electron chi connectivity index (χ3n) is 1.68. The van der Waals surface area contributed by atoms with Crippen molar-refractivity contribution in [2.45, 2.75) is 0 Å². The molecule has 0 saturated carbocycles. The van der Waals surface area contributed by atoms with E-state index in [4.69, 9.17) is 9.47 Å². The highest BCUT2D eigenvalue weighted by molar-refractivity contribution is 5.86. The van der Waals surface area contributed by atoms with Crippen LogP contribution >= 0.6 is 0 Å². The number of esters is 2. The zero-order valence-electron chi connectivity index (χ0n) is 8.88. The SMILES string of the molecule is C=CC(=O)Oc1ccc(O)cc1OC(=O)C=C. The Morgan fingerprint density at radius 3 is 2.12 bits per heavy atom. The molecule has 0 spiro atoms. The maximum Gasteiger partial charge on any atom is 0.335 e. The van der Waals surface area contributed by atoms with Crippen LogP contribution in [0.4, 0.5) is 0 Å². The van der Waals surface area contributed by atoms with Crippen molar-refractivity contribution < 1.29 is 24.2 Å². The second kappa shape index (κ2) is 5.50. The minimum atomic E-state index is -0.730. The van der Waals surface area contributed by atoms with Gasteiger partial charge in [0.05, 0.1) is 0 Å². The molecule has 17 heavy (non-hydrogen) atoms. The van der Waals surface area contributed by atoms with Gasteiger partial charge in [0.25, 0.3) is 0 Å². The molecule has 0 aliphatic carbocycles. The van der Waals surface area contributed by atoms with Crippen molar-refractivity contribution in [2.24, 2.45) is 0 Å². The Morgan fingerprint density at radius 1 is 1.06 bits per heavy atom. The molecule has 1 rings (SSSR count). The number of ether oxygens (including phenoxy) is 2. The van der Waals surface area contributed by atoms with Gasteiger partial charge in [-0.05, 0) is 12.1 Å². The third kappa shape index (κ3) is 3.49. The van der Waals surface area contributed by atoms with Gasteiger partial charge in [-0.1, -0.05) is 13.2 Å².